The number of anilines is 1. The molecule has 102 valence electrons. The summed E-state index contributed by atoms with van der Waals surface area (Å²) in [6.07, 6.45) is 0. The molecule has 0 saturated heterocycles. The lowest BCUT2D eigenvalue weighted by Crippen LogP contribution is -2.34. The molecule has 20 heavy (non-hydrogen) atoms. The second kappa shape index (κ2) is 7.32. The van der Waals surface area contributed by atoms with Crippen molar-refractivity contribution in [2.75, 3.05) is 5.32 Å². The zero-order valence-electron chi connectivity index (χ0n) is 10.2. The largest absolute Gasteiger partial charge is 0.332 e. The summed E-state index contributed by atoms with van der Waals surface area (Å²) >= 11 is 9.50. The Kier molecular flexibility index (Phi) is 5.73. The summed E-state index contributed by atoms with van der Waals surface area (Å²) < 4.78 is 2.03. The van der Waals surface area contributed by atoms with Crippen LogP contribution in [0.3, 0.4) is 0 Å². The minimum Gasteiger partial charge on any atom is -0.332 e. The number of nitrogens with one attached hydrogen (secondary N) is 2. The number of carbonyl (C=O) groups excluding carboxylic acids is 1. The lowest BCUT2D eigenvalue weighted by atomic mass is 10.2. The summed E-state index contributed by atoms with van der Waals surface area (Å²) in [5.74, 6) is -0.210. The normalized spacial score (nSPS) is 9.90. The van der Waals surface area contributed by atoms with Crippen LogP contribution in [0.4, 0.5) is 5.69 Å². The van der Waals surface area contributed by atoms with Crippen LogP contribution < -0.4 is 10.6 Å². The van der Waals surface area contributed by atoms with Crippen LogP contribution in [-0.4, -0.2) is 11.0 Å². The van der Waals surface area contributed by atoms with Gasteiger partial charge in [0.1, 0.15) is 0 Å². The van der Waals surface area contributed by atoms with Crippen LogP contribution in [0.15, 0.2) is 48.5 Å². The molecule has 1 amide bonds. The van der Waals surface area contributed by atoms with Crippen LogP contribution in [0.5, 0.6) is 0 Å². The van der Waals surface area contributed by atoms with Crippen LogP contribution in [0.25, 0.3) is 0 Å². The molecule has 0 spiro atoms. The minimum absolute atomic E-state index is 0.210. The molecular formula is C14H10I2N2OS. The van der Waals surface area contributed by atoms with Crippen molar-refractivity contribution < 1.29 is 4.79 Å². The summed E-state index contributed by atoms with van der Waals surface area (Å²) in [5, 5.41) is 5.95. The van der Waals surface area contributed by atoms with E-state index in [2.05, 4.69) is 55.8 Å². The van der Waals surface area contributed by atoms with Gasteiger partial charge in [-0.2, -0.15) is 0 Å². The van der Waals surface area contributed by atoms with Crippen LogP contribution >= 0.6 is 57.4 Å². The van der Waals surface area contributed by atoms with Crippen molar-refractivity contribution in [1.82, 2.24) is 5.32 Å². The Balaban J connectivity index is 2.00. The third-order valence-electron chi connectivity index (χ3n) is 2.45. The van der Waals surface area contributed by atoms with Gasteiger partial charge in [0.15, 0.2) is 5.11 Å². The molecular weight excluding hydrogens is 498 g/mol. The first-order chi connectivity index (χ1) is 9.56. The number of benzene rings is 2. The number of carbonyl (C=O) groups is 1. The Bertz CT molecular complexity index is 644. The highest BCUT2D eigenvalue weighted by atomic mass is 127. The van der Waals surface area contributed by atoms with E-state index in [1.807, 2.05) is 42.5 Å². The molecule has 2 rings (SSSR count). The maximum absolute atomic E-state index is 12.1. The quantitative estimate of drug-likeness (QED) is 0.476. The van der Waals surface area contributed by atoms with Gasteiger partial charge in [-0.3, -0.25) is 10.1 Å². The third-order valence-corrected chi connectivity index (χ3v) is 4.31. The lowest BCUT2D eigenvalue weighted by Gasteiger charge is -2.10. The second-order valence-electron chi connectivity index (χ2n) is 3.89. The molecule has 0 unspecified atom stereocenters. The molecule has 2 aromatic rings. The van der Waals surface area contributed by atoms with E-state index < -0.39 is 0 Å². The van der Waals surface area contributed by atoms with Gasteiger partial charge in [-0.25, -0.2) is 0 Å². The van der Waals surface area contributed by atoms with Crippen molar-refractivity contribution >= 4 is 74.1 Å². The van der Waals surface area contributed by atoms with Gasteiger partial charge >= 0.3 is 0 Å². The van der Waals surface area contributed by atoms with Crippen molar-refractivity contribution in [2.24, 2.45) is 0 Å². The fourth-order valence-electron chi connectivity index (χ4n) is 1.51. The maximum Gasteiger partial charge on any atom is 0.258 e. The SMILES string of the molecule is O=C(NC(=S)Nc1ccc(I)cc1)c1ccccc1I. The van der Waals surface area contributed by atoms with E-state index in [0.29, 0.717) is 5.56 Å². The zero-order chi connectivity index (χ0) is 14.5. The Morgan fingerprint density at radius 1 is 1.00 bits per heavy atom. The van der Waals surface area contributed by atoms with E-state index in [9.17, 15) is 4.79 Å². The molecule has 0 aliphatic heterocycles. The molecule has 0 aromatic heterocycles. The molecule has 0 heterocycles. The predicted octanol–water partition coefficient (Wildman–Crippen LogP) is 4.02. The van der Waals surface area contributed by atoms with E-state index >= 15 is 0 Å². The number of amides is 1. The minimum atomic E-state index is -0.210. The van der Waals surface area contributed by atoms with Crippen molar-refractivity contribution in [1.29, 1.82) is 0 Å². The van der Waals surface area contributed by atoms with Gasteiger partial charge < -0.3 is 5.32 Å². The Hall–Kier alpha value is -0.740. The van der Waals surface area contributed by atoms with E-state index in [1.54, 1.807) is 6.07 Å². The van der Waals surface area contributed by atoms with Crippen LogP contribution in [-0.2, 0) is 0 Å². The van der Waals surface area contributed by atoms with E-state index in [4.69, 9.17) is 12.2 Å². The second-order valence-corrected chi connectivity index (χ2v) is 6.71. The van der Waals surface area contributed by atoms with E-state index in [-0.39, 0.29) is 11.0 Å². The molecule has 2 aromatic carbocycles. The predicted molar refractivity (Wildman–Crippen MR) is 102 cm³/mol. The summed E-state index contributed by atoms with van der Waals surface area (Å²) in [6.45, 7) is 0. The number of hydrogen-bond donors (Lipinski definition) is 2. The fraction of sp³-hybridized carbons (Fsp3) is 0. The summed E-state index contributed by atoms with van der Waals surface area (Å²) in [7, 11) is 0. The first-order valence-corrected chi connectivity index (χ1v) is 8.25. The average Bonchev–Trinajstić information content (AvgIpc) is 2.41. The van der Waals surface area contributed by atoms with Gasteiger partial charge in [-0.15, -0.1) is 0 Å². The van der Waals surface area contributed by atoms with E-state index in [1.165, 1.54) is 0 Å². The van der Waals surface area contributed by atoms with Crippen molar-refractivity contribution in [3.05, 3.63) is 61.2 Å². The van der Waals surface area contributed by atoms with Crippen LogP contribution in [0, 0.1) is 7.14 Å². The molecule has 2 N–H and O–H groups in total. The molecule has 3 nitrogen and oxygen atoms in total. The topological polar surface area (TPSA) is 41.1 Å². The van der Waals surface area contributed by atoms with Gasteiger partial charge in [0.2, 0.25) is 0 Å². The first-order valence-electron chi connectivity index (χ1n) is 5.68. The molecule has 0 aliphatic carbocycles. The fourth-order valence-corrected chi connectivity index (χ4v) is 2.71. The number of thiocarbonyl (C=S) groups is 1. The summed E-state index contributed by atoms with van der Waals surface area (Å²) in [4.78, 5) is 12.1. The van der Waals surface area contributed by atoms with Gasteiger partial charge in [0.25, 0.3) is 5.91 Å². The molecule has 6 heteroatoms. The van der Waals surface area contributed by atoms with Crippen LogP contribution in [0.2, 0.25) is 0 Å². The molecule has 0 atom stereocenters. The summed E-state index contributed by atoms with van der Waals surface area (Å²) in [6, 6.07) is 15.1. The smallest absolute Gasteiger partial charge is 0.258 e. The number of halogens is 2. The molecule has 0 fully saturated rings. The highest BCUT2D eigenvalue weighted by Crippen LogP contribution is 2.12. The summed E-state index contributed by atoms with van der Waals surface area (Å²) in [5.41, 5.74) is 1.46. The third kappa shape index (κ3) is 4.38. The van der Waals surface area contributed by atoms with Crippen molar-refractivity contribution in [3.63, 3.8) is 0 Å². The highest BCUT2D eigenvalue weighted by Gasteiger charge is 2.10. The molecule has 0 bridgehead atoms. The number of rotatable bonds is 2. The Labute approximate surface area is 149 Å². The molecule has 0 radical (unpaired) electrons. The van der Waals surface area contributed by atoms with Gasteiger partial charge in [-0.05, 0) is 93.8 Å². The number of hydrogen-bond acceptors (Lipinski definition) is 2. The van der Waals surface area contributed by atoms with Gasteiger partial charge in [0.05, 0.1) is 5.56 Å². The standard InChI is InChI=1S/C14H10I2N2OS/c15-9-5-7-10(8-6-9)17-14(20)18-13(19)11-3-1-2-4-12(11)16/h1-8H,(H2,17,18,19,20). The van der Waals surface area contributed by atoms with Crippen molar-refractivity contribution in [3.8, 4) is 0 Å². The molecule has 0 aliphatic rings. The van der Waals surface area contributed by atoms with Crippen molar-refractivity contribution in [2.45, 2.75) is 0 Å². The van der Waals surface area contributed by atoms with Gasteiger partial charge in [-0.1, -0.05) is 12.1 Å². The Morgan fingerprint density at radius 2 is 1.65 bits per heavy atom. The molecule has 0 saturated carbocycles. The van der Waals surface area contributed by atoms with E-state index in [0.717, 1.165) is 12.8 Å². The highest BCUT2D eigenvalue weighted by molar-refractivity contribution is 14.1. The first kappa shape index (κ1) is 15.6. The Morgan fingerprint density at radius 3 is 2.30 bits per heavy atom. The monoisotopic (exact) mass is 508 g/mol. The zero-order valence-corrected chi connectivity index (χ0v) is 15.3. The maximum atomic E-state index is 12.1. The van der Waals surface area contributed by atoms with Crippen LogP contribution in [0.1, 0.15) is 10.4 Å². The lowest BCUT2D eigenvalue weighted by molar-refractivity contribution is 0.0977. The van der Waals surface area contributed by atoms with Gasteiger partial charge in [0, 0.05) is 12.8 Å². The average molecular weight is 508 g/mol.